The minimum atomic E-state index is -0.0323. The first-order valence-electron chi connectivity index (χ1n) is 12.8. The van der Waals surface area contributed by atoms with Gasteiger partial charge in [-0.1, -0.05) is 70.7 Å². The Morgan fingerprint density at radius 1 is 0.829 bits per heavy atom. The van der Waals surface area contributed by atoms with Crippen LogP contribution in [0.2, 0.25) is 0 Å². The summed E-state index contributed by atoms with van der Waals surface area (Å²) in [6.45, 7) is 9.18. The molecule has 2 aromatic carbocycles. The molecule has 0 N–H and O–H groups in total. The number of aromatic nitrogens is 5. The summed E-state index contributed by atoms with van der Waals surface area (Å²) in [7, 11) is 0. The van der Waals surface area contributed by atoms with E-state index in [9.17, 15) is 4.79 Å². The minimum absolute atomic E-state index is 0.0323. The third-order valence-electron chi connectivity index (χ3n) is 6.86. The summed E-state index contributed by atoms with van der Waals surface area (Å²) < 4.78 is 3.81. The van der Waals surface area contributed by atoms with Crippen molar-refractivity contribution in [3.63, 3.8) is 0 Å². The molecule has 0 saturated heterocycles. The highest BCUT2D eigenvalue weighted by Gasteiger charge is 2.22. The zero-order valence-electron chi connectivity index (χ0n) is 21.1. The van der Waals surface area contributed by atoms with Crippen molar-refractivity contribution in [3.05, 3.63) is 70.3 Å². The molecule has 0 atom stereocenters. The molecule has 0 bridgehead atoms. The maximum Gasteiger partial charge on any atom is 0.265 e. The van der Waals surface area contributed by atoms with Gasteiger partial charge >= 0.3 is 0 Å². The summed E-state index contributed by atoms with van der Waals surface area (Å²) in [6.07, 6.45) is 5.72. The fraction of sp³-hybridized carbons (Fsp3) is 0.379. The van der Waals surface area contributed by atoms with Gasteiger partial charge in [-0.3, -0.25) is 13.9 Å². The molecule has 0 unspecified atom stereocenters. The SMILES string of the molecule is CCCCCCCn1c(C)nc2c(c1=O)c1nc3ccccc3nc1n2-c1ccc(C(C)C)cc1. The van der Waals surface area contributed by atoms with Crippen LogP contribution >= 0.6 is 0 Å². The largest absolute Gasteiger partial charge is 0.296 e. The lowest BCUT2D eigenvalue weighted by Gasteiger charge is -2.12. The van der Waals surface area contributed by atoms with E-state index in [1.807, 2.05) is 40.3 Å². The molecule has 6 nitrogen and oxygen atoms in total. The Morgan fingerprint density at radius 3 is 2.20 bits per heavy atom. The summed E-state index contributed by atoms with van der Waals surface area (Å²) >= 11 is 0. The van der Waals surface area contributed by atoms with E-state index < -0.39 is 0 Å². The van der Waals surface area contributed by atoms with E-state index in [2.05, 4.69) is 45.0 Å². The quantitative estimate of drug-likeness (QED) is 0.239. The number of hydrogen-bond acceptors (Lipinski definition) is 4. The Kier molecular flexibility index (Phi) is 6.37. The average Bonchev–Trinajstić information content (AvgIpc) is 3.17. The third-order valence-corrected chi connectivity index (χ3v) is 6.86. The van der Waals surface area contributed by atoms with Gasteiger partial charge in [0.1, 0.15) is 16.7 Å². The van der Waals surface area contributed by atoms with Crippen molar-refractivity contribution in [2.24, 2.45) is 0 Å². The molecule has 0 aliphatic carbocycles. The predicted octanol–water partition coefficient (Wildman–Crippen LogP) is 6.69. The van der Waals surface area contributed by atoms with E-state index in [1.54, 1.807) is 0 Å². The molecule has 0 spiro atoms. The van der Waals surface area contributed by atoms with Gasteiger partial charge in [-0.2, -0.15) is 0 Å². The molecule has 3 aromatic heterocycles. The summed E-state index contributed by atoms with van der Waals surface area (Å²) in [5, 5.41) is 0.547. The summed E-state index contributed by atoms with van der Waals surface area (Å²) in [6, 6.07) is 16.2. The predicted molar refractivity (Wildman–Crippen MR) is 144 cm³/mol. The lowest BCUT2D eigenvalue weighted by Crippen LogP contribution is -2.24. The van der Waals surface area contributed by atoms with Crippen molar-refractivity contribution in [1.82, 2.24) is 24.1 Å². The molecule has 3 heterocycles. The van der Waals surface area contributed by atoms with Crippen LogP contribution in [-0.2, 0) is 6.54 Å². The summed E-state index contributed by atoms with van der Waals surface area (Å²) in [5.41, 5.74) is 5.65. The second-order valence-electron chi connectivity index (χ2n) is 9.69. The van der Waals surface area contributed by atoms with Crippen LogP contribution in [0.4, 0.5) is 0 Å². The Hall–Kier alpha value is -3.54. The number of fused-ring (bicyclic) bond motifs is 4. The minimum Gasteiger partial charge on any atom is -0.296 e. The first kappa shape index (κ1) is 23.2. The Bertz CT molecular complexity index is 1560. The maximum atomic E-state index is 13.8. The molecule has 0 radical (unpaired) electrons. The highest BCUT2D eigenvalue weighted by molar-refractivity contribution is 6.05. The number of nitrogens with zero attached hydrogens (tertiary/aromatic N) is 5. The second-order valence-corrected chi connectivity index (χ2v) is 9.69. The summed E-state index contributed by atoms with van der Waals surface area (Å²) in [5.74, 6) is 1.17. The van der Waals surface area contributed by atoms with Crippen LogP contribution in [-0.4, -0.2) is 24.1 Å². The van der Waals surface area contributed by atoms with E-state index in [4.69, 9.17) is 15.0 Å². The van der Waals surface area contributed by atoms with Crippen LogP contribution < -0.4 is 5.56 Å². The molecule has 0 aliphatic rings. The van der Waals surface area contributed by atoms with Gasteiger partial charge in [-0.05, 0) is 49.1 Å². The zero-order valence-corrected chi connectivity index (χ0v) is 21.1. The van der Waals surface area contributed by atoms with E-state index in [0.717, 1.165) is 35.4 Å². The molecule has 180 valence electrons. The third kappa shape index (κ3) is 4.22. The van der Waals surface area contributed by atoms with E-state index in [-0.39, 0.29) is 5.56 Å². The monoisotopic (exact) mass is 467 g/mol. The van der Waals surface area contributed by atoms with Gasteiger partial charge in [0.05, 0.1) is 11.0 Å². The van der Waals surface area contributed by atoms with Crippen molar-refractivity contribution < 1.29 is 0 Å². The van der Waals surface area contributed by atoms with Gasteiger partial charge in [0.25, 0.3) is 5.56 Å². The fourth-order valence-corrected chi connectivity index (χ4v) is 4.82. The number of benzene rings is 2. The van der Waals surface area contributed by atoms with Crippen molar-refractivity contribution in [1.29, 1.82) is 0 Å². The topological polar surface area (TPSA) is 65.6 Å². The van der Waals surface area contributed by atoms with Crippen molar-refractivity contribution in [3.8, 4) is 5.69 Å². The molecule has 0 fully saturated rings. The van der Waals surface area contributed by atoms with Crippen LogP contribution in [0.5, 0.6) is 0 Å². The van der Waals surface area contributed by atoms with Gasteiger partial charge in [0.2, 0.25) is 0 Å². The van der Waals surface area contributed by atoms with Gasteiger partial charge in [-0.25, -0.2) is 15.0 Å². The Labute approximate surface area is 205 Å². The highest BCUT2D eigenvalue weighted by Crippen LogP contribution is 2.29. The van der Waals surface area contributed by atoms with Gasteiger partial charge in [0, 0.05) is 12.2 Å². The van der Waals surface area contributed by atoms with E-state index in [0.29, 0.717) is 34.7 Å². The average molecular weight is 468 g/mol. The molecule has 0 aliphatic heterocycles. The van der Waals surface area contributed by atoms with Crippen molar-refractivity contribution in [2.75, 3.05) is 0 Å². The Morgan fingerprint density at radius 2 is 1.51 bits per heavy atom. The molecule has 0 amide bonds. The van der Waals surface area contributed by atoms with Crippen LogP contribution in [0.15, 0.2) is 53.3 Å². The van der Waals surface area contributed by atoms with Gasteiger partial charge < -0.3 is 0 Å². The molecular formula is C29H33N5O. The van der Waals surface area contributed by atoms with Crippen molar-refractivity contribution in [2.45, 2.75) is 72.3 Å². The fourth-order valence-electron chi connectivity index (χ4n) is 4.82. The number of aryl methyl sites for hydroxylation is 1. The van der Waals surface area contributed by atoms with Crippen LogP contribution in [0.1, 0.15) is 70.2 Å². The highest BCUT2D eigenvalue weighted by atomic mass is 16.1. The summed E-state index contributed by atoms with van der Waals surface area (Å²) in [4.78, 5) is 28.7. The lowest BCUT2D eigenvalue weighted by molar-refractivity contribution is 0.546. The van der Waals surface area contributed by atoms with E-state index in [1.165, 1.54) is 24.8 Å². The van der Waals surface area contributed by atoms with Gasteiger partial charge in [0.15, 0.2) is 11.3 Å². The number of unbranched alkanes of at least 4 members (excludes halogenated alkanes) is 4. The zero-order chi connectivity index (χ0) is 24.5. The molecule has 5 aromatic rings. The van der Waals surface area contributed by atoms with Crippen LogP contribution in [0.3, 0.4) is 0 Å². The first-order chi connectivity index (χ1) is 17.0. The van der Waals surface area contributed by atoms with E-state index >= 15 is 0 Å². The molecule has 0 saturated carbocycles. The molecule has 6 heteroatoms. The molecule has 5 rings (SSSR count). The first-order valence-corrected chi connectivity index (χ1v) is 12.8. The smallest absolute Gasteiger partial charge is 0.265 e. The number of rotatable bonds is 8. The molecule has 35 heavy (non-hydrogen) atoms. The molecular weight excluding hydrogens is 434 g/mol. The van der Waals surface area contributed by atoms with Crippen LogP contribution in [0.25, 0.3) is 38.9 Å². The number of para-hydroxylation sites is 2. The van der Waals surface area contributed by atoms with Gasteiger partial charge in [-0.15, -0.1) is 0 Å². The Balaban J connectivity index is 1.74. The maximum absolute atomic E-state index is 13.8. The van der Waals surface area contributed by atoms with Crippen molar-refractivity contribution >= 4 is 33.2 Å². The second kappa shape index (κ2) is 9.61. The standard InChI is InChI=1S/C29H33N5O/c1-5-6-7-8-11-18-33-20(4)30-27-25(29(33)35)26-28(32-24-13-10-9-12-23(24)31-26)34(27)22-16-14-21(15-17-22)19(2)3/h9-10,12-17,19H,5-8,11,18H2,1-4H3. The van der Waals surface area contributed by atoms with Crippen LogP contribution in [0, 0.1) is 6.92 Å². The normalized spacial score (nSPS) is 11.9. The number of hydrogen-bond donors (Lipinski definition) is 0. The lowest BCUT2D eigenvalue weighted by atomic mass is 10.0.